The minimum Gasteiger partial charge on any atom is -0.497 e. The highest BCUT2D eigenvalue weighted by atomic mass is 35.5. The van der Waals surface area contributed by atoms with E-state index in [1.807, 2.05) is 30.3 Å². The second kappa shape index (κ2) is 14.2. The molecule has 2 amide bonds. The molecule has 0 bridgehead atoms. The fourth-order valence-electron chi connectivity index (χ4n) is 4.83. The number of ether oxygens (including phenoxy) is 2. The van der Waals surface area contributed by atoms with Gasteiger partial charge in [0.15, 0.2) is 6.61 Å². The summed E-state index contributed by atoms with van der Waals surface area (Å²) in [6, 6.07) is 21.2. The smallest absolute Gasteiger partial charge is 0.261 e. The predicted octanol–water partition coefficient (Wildman–Crippen LogP) is 6.47. The summed E-state index contributed by atoms with van der Waals surface area (Å²) in [5.74, 6) is 0.722. The van der Waals surface area contributed by atoms with E-state index in [0.29, 0.717) is 33.5 Å². The number of benzene rings is 3. The van der Waals surface area contributed by atoms with Crippen LogP contribution in [0.25, 0.3) is 0 Å². The average Bonchev–Trinajstić information content (AvgIpc) is 2.96. The van der Waals surface area contributed by atoms with E-state index in [2.05, 4.69) is 5.32 Å². The van der Waals surface area contributed by atoms with E-state index >= 15 is 0 Å². The van der Waals surface area contributed by atoms with Gasteiger partial charge in [-0.2, -0.15) is 0 Å². The van der Waals surface area contributed by atoms with Crippen molar-refractivity contribution in [2.24, 2.45) is 0 Å². The highest BCUT2D eigenvalue weighted by molar-refractivity contribution is 6.35. The quantitative estimate of drug-likeness (QED) is 0.288. The fraction of sp³-hybridized carbons (Fsp3) is 0.355. The molecule has 1 N–H and O–H groups in total. The number of hydrogen-bond donors (Lipinski definition) is 1. The van der Waals surface area contributed by atoms with Gasteiger partial charge in [-0.3, -0.25) is 9.59 Å². The molecular formula is C31H34Cl2N2O4. The van der Waals surface area contributed by atoms with Crippen molar-refractivity contribution in [3.8, 4) is 11.5 Å². The number of halogens is 2. The largest absolute Gasteiger partial charge is 0.497 e. The van der Waals surface area contributed by atoms with E-state index in [9.17, 15) is 9.59 Å². The molecule has 1 aliphatic rings. The lowest BCUT2D eigenvalue weighted by Gasteiger charge is -2.33. The second-order valence-corrected chi connectivity index (χ2v) is 10.6. The van der Waals surface area contributed by atoms with Crippen LogP contribution in [0.5, 0.6) is 11.5 Å². The summed E-state index contributed by atoms with van der Waals surface area (Å²) in [6.45, 7) is -0.101. The van der Waals surface area contributed by atoms with E-state index in [1.165, 1.54) is 6.42 Å². The van der Waals surface area contributed by atoms with Gasteiger partial charge in [-0.05, 0) is 60.4 Å². The van der Waals surface area contributed by atoms with Crippen LogP contribution in [0.4, 0.5) is 0 Å². The molecule has 1 fully saturated rings. The van der Waals surface area contributed by atoms with Crippen LogP contribution in [-0.4, -0.2) is 42.5 Å². The molecule has 6 nitrogen and oxygen atoms in total. The van der Waals surface area contributed by atoms with Gasteiger partial charge in [0.2, 0.25) is 5.91 Å². The number of nitrogens with zero attached hydrogens (tertiary/aromatic N) is 1. The maximum atomic E-state index is 13.8. The minimum atomic E-state index is -0.756. The lowest BCUT2D eigenvalue weighted by molar-refractivity contribution is -0.143. The molecule has 0 saturated heterocycles. The van der Waals surface area contributed by atoms with Gasteiger partial charge in [0, 0.05) is 29.1 Å². The molecule has 206 valence electrons. The Labute approximate surface area is 240 Å². The Hall–Kier alpha value is -3.22. The lowest BCUT2D eigenvalue weighted by Crippen LogP contribution is -2.53. The van der Waals surface area contributed by atoms with Crippen LogP contribution < -0.4 is 14.8 Å². The van der Waals surface area contributed by atoms with Crippen LogP contribution in [0.3, 0.4) is 0 Å². The van der Waals surface area contributed by atoms with E-state index in [0.717, 1.165) is 31.2 Å². The van der Waals surface area contributed by atoms with Crippen LogP contribution in [0.15, 0.2) is 72.8 Å². The first-order valence-corrected chi connectivity index (χ1v) is 14.0. The zero-order chi connectivity index (χ0) is 27.6. The van der Waals surface area contributed by atoms with E-state index in [4.69, 9.17) is 32.7 Å². The second-order valence-electron chi connectivity index (χ2n) is 9.77. The van der Waals surface area contributed by atoms with Gasteiger partial charge in [0.1, 0.15) is 17.5 Å². The topological polar surface area (TPSA) is 67.9 Å². The standard InChI is InChI=1S/C31H34Cl2N2O4/c1-38-26-14-16-27(17-15-26)39-21-30(36)35(20-23-12-13-24(32)19-28(23)33)29(18-22-8-4-2-5-9-22)31(37)34-25-10-6-3-7-11-25/h2,4-5,8-9,12-17,19,25,29H,3,6-7,10-11,18,20-21H2,1H3,(H,34,37)/t29-/m0/s1. The van der Waals surface area contributed by atoms with Crippen LogP contribution in [0.2, 0.25) is 10.0 Å². The van der Waals surface area contributed by atoms with Crippen molar-refractivity contribution in [2.75, 3.05) is 13.7 Å². The third kappa shape index (κ3) is 8.38. The SMILES string of the molecule is COc1ccc(OCC(=O)N(Cc2ccc(Cl)cc2Cl)[C@@H](Cc2ccccc2)C(=O)NC2CCCCC2)cc1. The molecule has 0 heterocycles. The van der Waals surface area contributed by atoms with Crippen LogP contribution in [0.1, 0.15) is 43.2 Å². The van der Waals surface area contributed by atoms with Gasteiger partial charge in [-0.25, -0.2) is 0 Å². The van der Waals surface area contributed by atoms with Crippen molar-refractivity contribution in [1.29, 1.82) is 0 Å². The molecule has 4 rings (SSSR count). The molecule has 0 radical (unpaired) electrons. The van der Waals surface area contributed by atoms with Gasteiger partial charge < -0.3 is 19.7 Å². The molecule has 0 unspecified atom stereocenters. The maximum absolute atomic E-state index is 13.8. The Morgan fingerprint density at radius 3 is 2.31 bits per heavy atom. The van der Waals surface area contributed by atoms with Crippen molar-refractivity contribution in [3.63, 3.8) is 0 Å². The molecule has 8 heteroatoms. The molecule has 1 atom stereocenters. The highest BCUT2D eigenvalue weighted by Gasteiger charge is 2.32. The van der Waals surface area contributed by atoms with Gasteiger partial charge in [-0.15, -0.1) is 0 Å². The monoisotopic (exact) mass is 568 g/mol. The van der Waals surface area contributed by atoms with Crippen LogP contribution in [-0.2, 0) is 22.6 Å². The Morgan fingerprint density at radius 2 is 1.64 bits per heavy atom. The lowest BCUT2D eigenvalue weighted by atomic mass is 9.94. The summed E-state index contributed by atoms with van der Waals surface area (Å²) in [5.41, 5.74) is 1.65. The Morgan fingerprint density at radius 1 is 0.949 bits per heavy atom. The van der Waals surface area contributed by atoms with Gasteiger partial charge in [-0.1, -0.05) is 78.9 Å². The number of nitrogens with one attached hydrogen (secondary N) is 1. The molecule has 0 spiro atoms. The molecule has 0 aliphatic heterocycles. The van der Waals surface area contributed by atoms with E-state index in [1.54, 1.807) is 54.5 Å². The van der Waals surface area contributed by atoms with E-state index < -0.39 is 6.04 Å². The Kier molecular flexibility index (Phi) is 10.5. The predicted molar refractivity (Wildman–Crippen MR) is 154 cm³/mol. The number of carbonyl (C=O) groups is 2. The van der Waals surface area contributed by atoms with Gasteiger partial charge >= 0.3 is 0 Å². The summed E-state index contributed by atoms with van der Waals surface area (Å²) < 4.78 is 11.0. The number of amides is 2. The number of hydrogen-bond acceptors (Lipinski definition) is 4. The van der Waals surface area contributed by atoms with Crippen molar-refractivity contribution < 1.29 is 19.1 Å². The first-order chi connectivity index (χ1) is 18.9. The van der Waals surface area contributed by atoms with Gasteiger partial charge in [0.05, 0.1) is 7.11 Å². The summed E-state index contributed by atoms with van der Waals surface area (Å²) in [4.78, 5) is 29.2. The molecule has 39 heavy (non-hydrogen) atoms. The number of methoxy groups -OCH3 is 1. The first-order valence-electron chi connectivity index (χ1n) is 13.3. The third-order valence-electron chi connectivity index (χ3n) is 7.00. The molecule has 1 aliphatic carbocycles. The fourth-order valence-corrected chi connectivity index (χ4v) is 5.30. The maximum Gasteiger partial charge on any atom is 0.261 e. The van der Waals surface area contributed by atoms with Crippen LogP contribution in [0, 0.1) is 0 Å². The van der Waals surface area contributed by atoms with Gasteiger partial charge in [0.25, 0.3) is 5.91 Å². The summed E-state index contributed by atoms with van der Waals surface area (Å²) in [5, 5.41) is 4.16. The Balaban J connectivity index is 1.62. The zero-order valence-electron chi connectivity index (χ0n) is 22.1. The molecule has 3 aromatic rings. The summed E-state index contributed by atoms with van der Waals surface area (Å²) in [6.07, 6.45) is 5.61. The van der Waals surface area contributed by atoms with E-state index in [-0.39, 0.29) is 31.0 Å². The number of carbonyl (C=O) groups excluding carboxylic acids is 2. The van der Waals surface area contributed by atoms with Crippen molar-refractivity contribution >= 4 is 35.0 Å². The van der Waals surface area contributed by atoms with Crippen LogP contribution >= 0.6 is 23.2 Å². The third-order valence-corrected chi connectivity index (χ3v) is 7.59. The normalized spacial score (nSPS) is 14.3. The highest BCUT2D eigenvalue weighted by Crippen LogP contribution is 2.25. The Bertz CT molecular complexity index is 1230. The first kappa shape index (κ1) is 28.8. The number of rotatable bonds is 11. The zero-order valence-corrected chi connectivity index (χ0v) is 23.6. The van der Waals surface area contributed by atoms with Crippen molar-refractivity contribution in [2.45, 2.75) is 57.2 Å². The summed E-state index contributed by atoms with van der Waals surface area (Å²) in [7, 11) is 1.59. The van der Waals surface area contributed by atoms with Crippen molar-refractivity contribution in [3.05, 3.63) is 94.0 Å². The van der Waals surface area contributed by atoms with Crippen molar-refractivity contribution in [1.82, 2.24) is 10.2 Å². The summed E-state index contributed by atoms with van der Waals surface area (Å²) >= 11 is 12.6. The molecule has 1 saturated carbocycles. The minimum absolute atomic E-state index is 0.108. The molecule has 0 aromatic heterocycles. The average molecular weight is 570 g/mol. The molecule has 3 aromatic carbocycles. The molecular weight excluding hydrogens is 535 g/mol.